The molecule has 0 aromatic heterocycles. The van der Waals surface area contributed by atoms with Gasteiger partial charge in [0, 0.05) is 45.7 Å². The minimum Gasteiger partial charge on any atom is -0.480 e. The molecule has 0 rings (SSSR count). The monoisotopic (exact) mass is 1140 g/mol. The van der Waals surface area contributed by atoms with E-state index < -0.39 is 115 Å². The number of carbonyl (C=O) groups is 9. The second-order valence-electron chi connectivity index (χ2n) is 17.8. The number of amides is 8. The third kappa shape index (κ3) is 35.2. The maximum Gasteiger partial charge on any atom is 0.326 e. The van der Waals surface area contributed by atoms with Gasteiger partial charge in [0.25, 0.3) is 0 Å². The van der Waals surface area contributed by atoms with Crippen molar-refractivity contribution in [3.05, 3.63) is 0 Å². The van der Waals surface area contributed by atoms with Gasteiger partial charge in [0.15, 0.2) is 35.8 Å². The second kappa shape index (κ2) is 40.1. The quantitative estimate of drug-likeness (QED) is 0.0153. The lowest BCUT2D eigenvalue weighted by atomic mass is 10.0. The molecule has 0 aliphatic heterocycles. The molecule has 0 aromatic rings. The number of carbonyl (C=O) groups excluding carboxylic acids is 8. The van der Waals surface area contributed by atoms with Crippen molar-refractivity contribution in [2.75, 3.05) is 45.8 Å². The van der Waals surface area contributed by atoms with Crippen molar-refractivity contribution in [1.29, 1.82) is 0 Å². The topological polar surface area (TPSA) is 697 Å². The van der Waals surface area contributed by atoms with E-state index in [0.29, 0.717) is 6.42 Å². The molecule has 0 unspecified atom stereocenters. The molecule has 7 atom stereocenters. The Kier molecular flexibility index (Phi) is 35.5. The van der Waals surface area contributed by atoms with Crippen LogP contribution in [0.2, 0.25) is 0 Å². The maximum atomic E-state index is 14.4. The molecule has 8 amide bonds. The Morgan fingerprint density at radius 3 is 0.863 bits per heavy atom. The molecule has 0 aromatic carbocycles. The van der Waals surface area contributed by atoms with E-state index in [0.717, 1.165) is 0 Å². The number of primary amides is 1. The Labute approximate surface area is 461 Å². The zero-order valence-corrected chi connectivity index (χ0v) is 44.8. The third-order valence-electron chi connectivity index (χ3n) is 10.9. The summed E-state index contributed by atoms with van der Waals surface area (Å²) >= 11 is 0. The molecule has 0 aliphatic carbocycles. The van der Waals surface area contributed by atoms with Gasteiger partial charge >= 0.3 is 5.97 Å². The van der Waals surface area contributed by atoms with Gasteiger partial charge in [-0.3, -0.25) is 68.3 Å². The predicted molar refractivity (Wildman–Crippen MR) is 298 cm³/mol. The molecular formula is C43H85N27O10. The summed E-state index contributed by atoms with van der Waals surface area (Å²) < 4.78 is 0. The number of carboxylic acids is 1. The molecular weight excluding hydrogens is 1050 g/mol. The van der Waals surface area contributed by atoms with E-state index in [1.54, 1.807) is 0 Å². The molecule has 0 saturated heterocycles. The van der Waals surface area contributed by atoms with Gasteiger partial charge in [0.2, 0.25) is 47.3 Å². The van der Waals surface area contributed by atoms with Gasteiger partial charge in [-0.1, -0.05) is 0 Å². The highest BCUT2D eigenvalue weighted by Crippen LogP contribution is 2.10. The molecule has 36 N–H and O–H groups in total. The van der Waals surface area contributed by atoms with Crippen molar-refractivity contribution >= 4 is 89.0 Å². The van der Waals surface area contributed by atoms with E-state index in [1.807, 2.05) is 0 Å². The number of carboxylic acid groups (broad SMARTS) is 1. The van der Waals surface area contributed by atoms with E-state index in [4.69, 9.17) is 80.3 Å². The zero-order chi connectivity index (χ0) is 60.7. The van der Waals surface area contributed by atoms with Gasteiger partial charge in [0.1, 0.15) is 36.3 Å². The van der Waals surface area contributed by atoms with Crippen LogP contribution in [-0.4, -0.2) is 182 Å². The van der Waals surface area contributed by atoms with Crippen LogP contribution in [0.1, 0.15) is 89.9 Å². The van der Waals surface area contributed by atoms with Gasteiger partial charge in [-0.25, -0.2) is 4.79 Å². The number of nitrogens with two attached hydrogens (primary N) is 14. The number of guanidine groups is 6. The van der Waals surface area contributed by atoms with Crippen LogP contribution in [0.15, 0.2) is 30.0 Å². The molecule has 0 saturated carbocycles. The van der Waals surface area contributed by atoms with E-state index in [2.05, 4.69) is 67.2 Å². The molecule has 37 heteroatoms. The normalized spacial score (nSPS) is 13.2. The highest BCUT2D eigenvalue weighted by molar-refractivity contribution is 5.97. The number of aliphatic carboxylic acids is 1. The van der Waals surface area contributed by atoms with Crippen LogP contribution in [-0.2, 0) is 43.2 Å². The van der Waals surface area contributed by atoms with Crippen molar-refractivity contribution in [2.24, 2.45) is 110 Å². The summed E-state index contributed by atoms with van der Waals surface area (Å²) in [6, 6.07) is -9.98. The Morgan fingerprint density at radius 2 is 0.588 bits per heavy atom. The minimum atomic E-state index is -1.58. The van der Waals surface area contributed by atoms with Crippen LogP contribution < -0.4 is 117 Å². The highest BCUT2D eigenvalue weighted by Gasteiger charge is 2.34. The molecule has 0 radical (unpaired) electrons. The second-order valence-corrected chi connectivity index (χ2v) is 17.8. The van der Waals surface area contributed by atoms with Crippen molar-refractivity contribution < 1.29 is 48.3 Å². The van der Waals surface area contributed by atoms with Crippen molar-refractivity contribution in [3.63, 3.8) is 0 Å². The SMILES string of the molecule is NC(=O)CC[C@H](NC(=O)[C@H](CCCN=C(N)N)NC(=O)[C@H](CCCN=C(N)N)NC(=O)[C@H](CCCN=C(N)N)NC(=O)[C@H](CCCN=C(N)N)NC(=O)CNC(=O)[C@@H](N)CCCN=C(N)N)C(=O)N[C@@H](CCCN=C(N)N)C(=O)O. The van der Waals surface area contributed by atoms with Crippen LogP contribution in [0, 0.1) is 0 Å². The smallest absolute Gasteiger partial charge is 0.326 e. The lowest BCUT2D eigenvalue weighted by Crippen LogP contribution is -2.59. The third-order valence-corrected chi connectivity index (χ3v) is 10.9. The predicted octanol–water partition coefficient (Wildman–Crippen LogP) is -11.0. The fraction of sp³-hybridized carbons (Fsp3) is 0.651. The van der Waals surface area contributed by atoms with Gasteiger partial charge in [-0.05, 0) is 83.5 Å². The molecule has 452 valence electrons. The first kappa shape index (κ1) is 70.8. The molecule has 0 aliphatic rings. The number of hydrogen-bond acceptors (Lipinski definition) is 16. The summed E-state index contributed by atoms with van der Waals surface area (Å²) in [5.74, 6) is -10.1. The Morgan fingerprint density at radius 1 is 0.338 bits per heavy atom. The summed E-state index contributed by atoms with van der Waals surface area (Å²) in [5, 5.41) is 27.3. The van der Waals surface area contributed by atoms with Gasteiger partial charge in [-0.2, -0.15) is 0 Å². The molecule has 0 heterocycles. The van der Waals surface area contributed by atoms with Gasteiger partial charge in [-0.15, -0.1) is 0 Å². The molecule has 0 fully saturated rings. The molecule has 0 spiro atoms. The van der Waals surface area contributed by atoms with E-state index >= 15 is 0 Å². The number of aliphatic imine (C=N–C) groups is 6. The average molecular weight is 1140 g/mol. The lowest BCUT2D eigenvalue weighted by Gasteiger charge is -2.27. The van der Waals surface area contributed by atoms with Crippen LogP contribution in [0.5, 0.6) is 0 Å². The highest BCUT2D eigenvalue weighted by atomic mass is 16.4. The first-order valence-corrected chi connectivity index (χ1v) is 25.3. The zero-order valence-electron chi connectivity index (χ0n) is 44.8. The number of hydrogen-bond donors (Lipinski definition) is 22. The Hall–Kier alpha value is -9.19. The van der Waals surface area contributed by atoms with Crippen LogP contribution in [0.25, 0.3) is 0 Å². The van der Waals surface area contributed by atoms with E-state index in [9.17, 15) is 48.3 Å². The van der Waals surface area contributed by atoms with Gasteiger partial charge in [0.05, 0.1) is 12.6 Å². The minimum absolute atomic E-state index is 0.0228. The molecule has 0 bridgehead atoms. The fourth-order valence-corrected chi connectivity index (χ4v) is 6.96. The van der Waals surface area contributed by atoms with Crippen LogP contribution >= 0.6 is 0 Å². The average Bonchev–Trinajstić information content (AvgIpc) is 3.36. The first-order valence-electron chi connectivity index (χ1n) is 25.3. The van der Waals surface area contributed by atoms with Crippen LogP contribution in [0.4, 0.5) is 0 Å². The number of nitrogens with zero attached hydrogens (tertiary/aromatic N) is 6. The van der Waals surface area contributed by atoms with Gasteiger partial charge < -0.3 is 123 Å². The summed E-state index contributed by atoms with van der Waals surface area (Å²) in [6.07, 6.45) is -0.694. The van der Waals surface area contributed by atoms with Crippen molar-refractivity contribution in [2.45, 2.75) is 132 Å². The lowest BCUT2D eigenvalue weighted by molar-refractivity contribution is -0.142. The number of rotatable bonds is 42. The Balaban J connectivity index is 7.04. The number of nitrogens with one attached hydrogen (secondary N) is 7. The summed E-state index contributed by atoms with van der Waals surface area (Å²) in [7, 11) is 0. The van der Waals surface area contributed by atoms with Crippen LogP contribution in [0.3, 0.4) is 0 Å². The first-order chi connectivity index (χ1) is 37.6. The maximum absolute atomic E-state index is 14.4. The van der Waals surface area contributed by atoms with Crippen molar-refractivity contribution in [1.82, 2.24) is 37.2 Å². The Bertz CT molecular complexity index is 2200. The van der Waals surface area contributed by atoms with E-state index in [-0.39, 0.29) is 146 Å². The summed E-state index contributed by atoms with van der Waals surface area (Å²) in [5.41, 5.74) is 76.6. The largest absolute Gasteiger partial charge is 0.480 e. The standard InChI is InChI=1S/C43H85N27O10/c44-22(7-1-15-58-38(46)47)31(73)64-21-30(72)65-23(8-2-16-59-39(48)49)32(74)66-24(9-3-17-60-40(50)51)33(75)67-25(10-4-18-61-41(52)53)34(76)68-26(11-5-19-62-42(54)55)35(77)69-27(13-14-29(45)71)36(78)70-28(37(79)80)12-6-20-63-43(56)57/h22-28H,1-21,44H2,(H2,45,71)(H,64,73)(H,65,72)(H,66,74)(H,67,75)(H,68,76)(H,69,77)(H,70,78)(H,79,80)(H4,46,47,58)(H4,48,49,59)(H4,50,51,60)(H4,52,53,61)(H4,54,55,62)(H4,56,57,63)/t22-,23-,24-,25-,26-,27-,28-/m0/s1. The van der Waals surface area contributed by atoms with Crippen molar-refractivity contribution in [3.8, 4) is 0 Å². The molecule has 37 nitrogen and oxygen atoms in total. The summed E-state index contributed by atoms with van der Waals surface area (Å²) in [6.45, 7) is -0.460. The fourth-order valence-electron chi connectivity index (χ4n) is 6.96. The summed E-state index contributed by atoms with van der Waals surface area (Å²) in [4.78, 5) is 144. The van der Waals surface area contributed by atoms with E-state index in [1.165, 1.54) is 0 Å². The molecule has 80 heavy (non-hydrogen) atoms.